The highest BCUT2D eigenvalue weighted by Crippen LogP contribution is 2.57. The third-order valence-corrected chi connectivity index (χ3v) is 10.4. The normalized spacial score (nSPS) is 36.7. The predicted octanol–water partition coefficient (Wildman–Crippen LogP) is 0.143. The van der Waals surface area contributed by atoms with Crippen LogP contribution in [0.1, 0.15) is 12.5 Å². The lowest BCUT2D eigenvalue weighted by molar-refractivity contribution is -0.118. The molecule has 0 aromatic carbocycles. The summed E-state index contributed by atoms with van der Waals surface area (Å²) in [6, 6.07) is 1.45. The number of imidazole rings is 1. The molecule has 0 spiro atoms. The molecule has 46 heavy (non-hydrogen) atoms. The van der Waals surface area contributed by atoms with Gasteiger partial charge < -0.3 is 39.8 Å². The Morgan fingerprint density at radius 3 is 2.57 bits per heavy atom. The van der Waals surface area contributed by atoms with Crippen molar-refractivity contribution in [2.45, 2.75) is 49.0 Å². The van der Waals surface area contributed by atoms with E-state index < -0.39 is 81.2 Å². The number of hydrogen-bond donors (Lipinski definition) is 5. The summed E-state index contributed by atoms with van der Waals surface area (Å²) in [5, 5.41) is 7.76. The average Bonchev–Trinajstić information content (AvgIpc) is 3.71. The Morgan fingerprint density at radius 2 is 1.78 bits per heavy atom. The highest BCUT2D eigenvalue weighted by molar-refractivity contribution is 8.07. The van der Waals surface area contributed by atoms with E-state index in [0.717, 1.165) is 15.6 Å². The first-order chi connectivity index (χ1) is 21.6. The van der Waals surface area contributed by atoms with Crippen LogP contribution in [-0.4, -0.2) is 99.0 Å². The van der Waals surface area contributed by atoms with E-state index in [1.54, 1.807) is 0 Å². The monoisotopic (exact) mass is 728 g/mol. The van der Waals surface area contributed by atoms with Gasteiger partial charge in [-0.05, 0) is 29.7 Å². The number of nitrogen functional groups attached to an aromatic ring is 2. The molecule has 9 atom stereocenters. The molecule has 7 heterocycles. The van der Waals surface area contributed by atoms with E-state index in [2.05, 4.69) is 30.2 Å². The number of fused-ring (bicyclic) bond motifs is 5. The standard InChI is InChI=1S/C20H21F3N10O9P2S2/c21-9-12-7(39-17(9)33-14-10(30-31-33)6(24)1-2-26-14)3-37-44(36,46)42-13-18(32-5-27-11-15(32)28-19(25)29-16(11)34)40-8(20(13,22)23)4-38-43(35,45)41-12/h1-2,5,7-9,12-13,17-18H,3-4H2,(H2,24,26)(H,35,45)(H,36,46)(H3,25,28,29,34)/t7-,8-,9+,12-,13+,17-,18-,43?,44?/m1/s1. The molecule has 7 N–H and O–H groups in total. The summed E-state index contributed by atoms with van der Waals surface area (Å²) in [6.45, 7) is -11.1. The van der Waals surface area contributed by atoms with Crippen LogP contribution in [-0.2, 0) is 51.2 Å². The van der Waals surface area contributed by atoms with Crippen molar-refractivity contribution in [3.63, 3.8) is 0 Å². The summed E-state index contributed by atoms with van der Waals surface area (Å²) in [6.07, 6.45) is -11.2. The number of alkyl halides is 3. The van der Waals surface area contributed by atoms with Gasteiger partial charge >= 0.3 is 19.4 Å². The van der Waals surface area contributed by atoms with E-state index >= 15 is 13.2 Å². The highest BCUT2D eigenvalue weighted by Gasteiger charge is 2.63. The second-order valence-corrected chi connectivity index (χ2v) is 15.8. The molecule has 4 aromatic heterocycles. The van der Waals surface area contributed by atoms with Crippen molar-refractivity contribution in [3.05, 3.63) is 28.9 Å². The van der Waals surface area contributed by atoms with Gasteiger partial charge in [0.15, 0.2) is 53.2 Å². The van der Waals surface area contributed by atoms with Crippen LogP contribution in [0.2, 0.25) is 0 Å². The van der Waals surface area contributed by atoms with Gasteiger partial charge in [0.25, 0.3) is 5.56 Å². The minimum atomic E-state index is -4.64. The van der Waals surface area contributed by atoms with Crippen LogP contribution in [0.15, 0.2) is 23.4 Å². The third kappa shape index (κ3) is 5.41. The molecule has 7 rings (SSSR count). The van der Waals surface area contributed by atoms with E-state index in [-0.39, 0.29) is 34.0 Å². The average molecular weight is 729 g/mol. The van der Waals surface area contributed by atoms with Crippen molar-refractivity contribution < 1.29 is 50.5 Å². The Kier molecular flexibility index (Phi) is 7.74. The van der Waals surface area contributed by atoms with Gasteiger partial charge in [-0.25, -0.2) is 23.1 Å². The number of aromatic amines is 1. The number of hydrogen-bond acceptors (Lipinski definition) is 16. The molecule has 3 aliphatic heterocycles. The SMILES string of the molecule is Nc1nc2c(ncn2[C@@H]2O[C@@H]3COP(O)(=S)O[C@H]4[C@H](F)[C@H](n5nnc6c(N)ccnc65)O[C@@H]4COP(O)(=S)O[C@@H]2C3(F)F)c(=O)[nH]1. The summed E-state index contributed by atoms with van der Waals surface area (Å²) in [4.78, 5) is 48.2. The number of nitrogens with zero attached hydrogens (tertiary/aromatic N) is 7. The molecule has 26 heteroatoms. The molecule has 4 aromatic rings. The van der Waals surface area contributed by atoms with E-state index in [1.165, 1.54) is 12.3 Å². The second kappa shape index (κ2) is 11.2. The van der Waals surface area contributed by atoms with E-state index in [1.807, 2.05) is 0 Å². The summed E-state index contributed by atoms with van der Waals surface area (Å²) in [7, 11) is 0. The van der Waals surface area contributed by atoms with Crippen LogP contribution < -0.4 is 17.0 Å². The molecular weight excluding hydrogens is 707 g/mol. The number of H-pyrrole nitrogens is 1. The quantitative estimate of drug-likeness (QED) is 0.172. The molecule has 3 saturated heterocycles. The minimum absolute atomic E-state index is 0.0462. The van der Waals surface area contributed by atoms with E-state index in [9.17, 15) is 14.6 Å². The fraction of sp³-hybridized carbons (Fsp3) is 0.500. The smallest absolute Gasteiger partial charge is 0.325 e. The highest BCUT2D eigenvalue weighted by atomic mass is 32.5. The Balaban J connectivity index is 1.23. The number of ether oxygens (including phenoxy) is 2. The third-order valence-electron chi connectivity index (χ3n) is 7.29. The summed E-state index contributed by atoms with van der Waals surface area (Å²) in [5.41, 5.74) is 10.6. The molecule has 0 saturated carbocycles. The first-order valence-electron chi connectivity index (χ1n) is 13.0. The molecule has 3 aliphatic rings. The Labute approximate surface area is 263 Å². The number of pyridine rings is 1. The van der Waals surface area contributed by atoms with Gasteiger partial charge in [-0.2, -0.15) is 9.67 Å². The zero-order chi connectivity index (χ0) is 32.8. The number of nitrogens with one attached hydrogen (secondary N) is 1. The van der Waals surface area contributed by atoms with Gasteiger partial charge in [-0.3, -0.25) is 23.4 Å². The molecule has 0 amide bonds. The molecule has 0 radical (unpaired) electrons. The summed E-state index contributed by atoms with van der Waals surface area (Å²) in [5.74, 6) is -4.37. The Hall–Kier alpha value is -2.73. The van der Waals surface area contributed by atoms with Gasteiger partial charge in [0, 0.05) is 6.20 Å². The molecule has 2 bridgehead atoms. The summed E-state index contributed by atoms with van der Waals surface area (Å²) >= 11 is 10.1. The van der Waals surface area contributed by atoms with Gasteiger partial charge in [0.2, 0.25) is 5.95 Å². The second-order valence-electron chi connectivity index (χ2n) is 10.2. The van der Waals surface area contributed by atoms with E-state index in [4.69, 9.17) is 62.6 Å². The molecule has 248 valence electrons. The maximum absolute atomic E-state index is 16.0. The first-order valence-corrected chi connectivity index (χ1v) is 18.2. The Morgan fingerprint density at radius 1 is 1.04 bits per heavy atom. The van der Waals surface area contributed by atoms with Gasteiger partial charge in [0.05, 0.1) is 25.2 Å². The molecule has 2 unspecified atom stereocenters. The van der Waals surface area contributed by atoms with Gasteiger partial charge in [0.1, 0.15) is 12.2 Å². The maximum Gasteiger partial charge on any atom is 0.325 e. The lowest BCUT2D eigenvalue weighted by Gasteiger charge is -2.28. The van der Waals surface area contributed by atoms with Crippen LogP contribution >= 0.6 is 13.4 Å². The lowest BCUT2D eigenvalue weighted by Crippen LogP contribution is -2.42. The van der Waals surface area contributed by atoms with Crippen LogP contribution in [0.25, 0.3) is 22.3 Å². The number of anilines is 2. The van der Waals surface area contributed by atoms with Crippen LogP contribution in [0.4, 0.5) is 24.8 Å². The summed E-state index contributed by atoms with van der Waals surface area (Å²) < 4.78 is 82.2. The van der Waals surface area contributed by atoms with Gasteiger partial charge in [-0.1, -0.05) is 5.21 Å². The van der Waals surface area contributed by atoms with E-state index in [0.29, 0.717) is 0 Å². The molecule has 0 aliphatic carbocycles. The largest absolute Gasteiger partial charge is 0.397 e. The van der Waals surface area contributed by atoms with Crippen molar-refractivity contribution in [2.24, 2.45) is 0 Å². The maximum atomic E-state index is 16.0. The van der Waals surface area contributed by atoms with Crippen molar-refractivity contribution in [1.82, 2.24) is 39.5 Å². The Bertz CT molecular complexity index is 2000. The minimum Gasteiger partial charge on any atom is -0.397 e. The first kappa shape index (κ1) is 31.8. The number of nitrogens with two attached hydrogens (primary N) is 2. The molecule has 3 fully saturated rings. The van der Waals surface area contributed by atoms with Crippen LogP contribution in [0, 0.1) is 0 Å². The van der Waals surface area contributed by atoms with Crippen molar-refractivity contribution in [3.8, 4) is 0 Å². The van der Waals surface area contributed by atoms with Crippen molar-refractivity contribution >= 4 is 71.0 Å². The topological polar surface area (TPSA) is 255 Å². The number of halogens is 3. The van der Waals surface area contributed by atoms with Crippen LogP contribution in [0.3, 0.4) is 0 Å². The fourth-order valence-corrected chi connectivity index (χ4v) is 8.00. The van der Waals surface area contributed by atoms with Crippen LogP contribution in [0.5, 0.6) is 0 Å². The zero-order valence-electron chi connectivity index (χ0n) is 22.6. The lowest BCUT2D eigenvalue weighted by atomic mass is 10.1. The van der Waals surface area contributed by atoms with Crippen molar-refractivity contribution in [1.29, 1.82) is 0 Å². The van der Waals surface area contributed by atoms with Crippen molar-refractivity contribution in [2.75, 3.05) is 24.7 Å². The van der Waals surface area contributed by atoms with Gasteiger partial charge in [-0.15, -0.1) is 5.10 Å². The molecular formula is C20H21F3N10O9P2S2. The molecule has 19 nitrogen and oxygen atoms in total. The number of aromatic nitrogens is 8. The zero-order valence-corrected chi connectivity index (χ0v) is 26.0. The number of rotatable bonds is 2. The fourth-order valence-electron chi connectivity index (χ4n) is 5.19. The predicted molar refractivity (Wildman–Crippen MR) is 155 cm³/mol.